The van der Waals surface area contributed by atoms with Gasteiger partial charge in [-0.1, -0.05) is 103 Å². The Hall–Kier alpha value is -2.47. The fourth-order valence-electron chi connectivity index (χ4n) is 3.96. The van der Waals surface area contributed by atoms with Crippen LogP contribution in [0.2, 0.25) is 10.0 Å². The van der Waals surface area contributed by atoms with E-state index in [-0.39, 0.29) is 18.4 Å². The first-order valence-corrected chi connectivity index (χ1v) is 14.6. The molecule has 3 rings (SSSR count). The Bertz CT molecular complexity index is 1130. The van der Waals surface area contributed by atoms with Gasteiger partial charge in [-0.15, -0.1) is 0 Å². The van der Waals surface area contributed by atoms with E-state index in [1.54, 1.807) is 28.8 Å². The third-order valence-electron chi connectivity index (χ3n) is 6.01. The molecule has 0 radical (unpaired) electrons. The van der Waals surface area contributed by atoms with E-state index in [0.29, 0.717) is 35.2 Å². The summed E-state index contributed by atoms with van der Waals surface area (Å²) in [5.41, 5.74) is 3.06. The molecule has 0 saturated carbocycles. The highest BCUT2D eigenvalue weighted by molar-refractivity contribution is 7.98. The number of benzene rings is 3. The van der Waals surface area contributed by atoms with E-state index in [0.717, 1.165) is 29.7 Å². The van der Waals surface area contributed by atoms with E-state index in [1.807, 2.05) is 54.6 Å². The lowest BCUT2D eigenvalue weighted by Gasteiger charge is -2.31. The molecule has 0 fully saturated rings. The topological polar surface area (TPSA) is 49.4 Å². The van der Waals surface area contributed by atoms with Crippen molar-refractivity contribution in [1.29, 1.82) is 0 Å². The highest BCUT2D eigenvalue weighted by Crippen LogP contribution is 2.25. The normalized spacial score (nSPS) is 11.6. The average molecular weight is 558 g/mol. The maximum absolute atomic E-state index is 13.7. The second kappa shape index (κ2) is 15.7. The van der Waals surface area contributed by atoms with Crippen LogP contribution in [0, 0.1) is 0 Å². The molecular weight excluding hydrogens is 523 g/mol. The summed E-state index contributed by atoms with van der Waals surface area (Å²) in [4.78, 5) is 28.8. The number of carbonyl (C=O) groups excluding carboxylic acids is 2. The van der Waals surface area contributed by atoms with Crippen LogP contribution in [0.4, 0.5) is 0 Å². The summed E-state index contributed by atoms with van der Waals surface area (Å²) in [5, 5.41) is 3.93. The minimum Gasteiger partial charge on any atom is -0.354 e. The van der Waals surface area contributed by atoms with Crippen LogP contribution < -0.4 is 5.32 Å². The van der Waals surface area contributed by atoms with E-state index in [2.05, 4.69) is 24.4 Å². The van der Waals surface area contributed by atoms with Crippen LogP contribution in [-0.2, 0) is 28.3 Å². The van der Waals surface area contributed by atoms with Crippen LogP contribution in [0.25, 0.3) is 0 Å². The van der Waals surface area contributed by atoms with Crippen molar-refractivity contribution in [3.63, 3.8) is 0 Å². The standard InChI is InChI=1S/C30H34Cl2N2O2S/c1-2-3-17-33-30(36)28(20-23-10-6-4-7-11-23)34(21-25-14-15-26(31)27(32)19-25)29(35)16-18-37-22-24-12-8-5-9-13-24/h4-15,19,28H,2-3,16-18,20-22H2,1H3,(H,33,36)/t28-/m1/s1. The largest absolute Gasteiger partial charge is 0.354 e. The summed E-state index contributed by atoms with van der Waals surface area (Å²) in [6.07, 6.45) is 2.64. The van der Waals surface area contributed by atoms with Gasteiger partial charge in [0.2, 0.25) is 11.8 Å². The summed E-state index contributed by atoms with van der Waals surface area (Å²) in [6, 6.07) is 24.7. The first-order valence-electron chi connectivity index (χ1n) is 12.6. The van der Waals surface area contributed by atoms with Gasteiger partial charge in [0.1, 0.15) is 6.04 Å². The van der Waals surface area contributed by atoms with Gasteiger partial charge in [-0.2, -0.15) is 11.8 Å². The van der Waals surface area contributed by atoms with Crippen molar-refractivity contribution in [3.05, 3.63) is 106 Å². The number of nitrogens with zero attached hydrogens (tertiary/aromatic N) is 1. The summed E-state index contributed by atoms with van der Waals surface area (Å²) < 4.78 is 0. The number of hydrogen-bond donors (Lipinski definition) is 1. The number of amides is 2. The van der Waals surface area contributed by atoms with Gasteiger partial charge >= 0.3 is 0 Å². The molecule has 0 aliphatic rings. The molecule has 0 unspecified atom stereocenters. The Morgan fingerprint density at radius 2 is 1.57 bits per heavy atom. The molecule has 1 N–H and O–H groups in total. The highest BCUT2D eigenvalue weighted by Gasteiger charge is 2.30. The number of nitrogens with one attached hydrogen (secondary N) is 1. The molecule has 37 heavy (non-hydrogen) atoms. The summed E-state index contributed by atoms with van der Waals surface area (Å²) >= 11 is 14.1. The van der Waals surface area contributed by atoms with Crippen molar-refractivity contribution in [3.8, 4) is 0 Å². The lowest BCUT2D eigenvalue weighted by molar-refractivity contribution is -0.141. The fraction of sp³-hybridized carbons (Fsp3) is 0.333. The molecule has 4 nitrogen and oxygen atoms in total. The van der Waals surface area contributed by atoms with Crippen LogP contribution in [0.1, 0.15) is 42.9 Å². The molecule has 196 valence electrons. The maximum atomic E-state index is 13.7. The van der Waals surface area contributed by atoms with Crippen molar-refractivity contribution in [2.45, 2.75) is 50.9 Å². The molecule has 2 amide bonds. The molecule has 0 heterocycles. The summed E-state index contributed by atoms with van der Waals surface area (Å²) in [6.45, 7) is 2.95. The van der Waals surface area contributed by atoms with E-state index in [4.69, 9.17) is 23.2 Å². The number of rotatable bonds is 14. The first kappa shape index (κ1) is 29.1. The average Bonchev–Trinajstić information content (AvgIpc) is 2.91. The van der Waals surface area contributed by atoms with Crippen molar-refractivity contribution < 1.29 is 9.59 Å². The Morgan fingerprint density at radius 3 is 2.22 bits per heavy atom. The second-order valence-corrected chi connectivity index (χ2v) is 10.8. The van der Waals surface area contributed by atoms with E-state index < -0.39 is 6.04 Å². The molecule has 0 spiro atoms. The first-order chi connectivity index (χ1) is 18.0. The lowest BCUT2D eigenvalue weighted by Crippen LogP contribution is -2.50. The number of carbonyl (C=O) groups is 2. The SMILES string of the molecule is CCCCNC(=O)[C@@H](Cc1ccccc1)N(Cc1ccc(Cl)c(Cl)c1)C(=O)CCSCc1ccccc1. The van der Waals surface area contributed by atoms with Crippen molar-refractivity contribution in [2.75, 3.05) is 12.3 Å². The smallest absolute Gasteiger partial charge is 0.243 e. The van der Waals surface area contributed by atoms with Crippen molar-refractivity contribution >= 4 is 46.8 Å². The van der Waals surface area contributed by atoms with E-state index >= 15 is 0 Å². The molecule has 0 aromatic heterocycles. The minimum atomic E-state index is -0.639. The quantitative estimate of drug-likeness (QED) is 0.214. The number of unbranched alkanes of at least 4 members (excludes halogenated alkanes) is 1. The third-order valence-corrected chi connectivity index (χ3v) is 7.78. The number of hydrogen-bond acceptors (Lipinski definition) is 3. The number of thioether (sulfide) groups is 1. The zero-order chi connectivity index (χ0) is 26.5. The fourth-order valence-corrected chi connectivity index (χ4v) is 5.17. The zero-order valence-electron chi connectivity index (χ0n) is 21.2. The van der Waals surface area contributed by atoms with Gasteiger partial charge in [0, 0.05) is 37.4 Å². The Balaban J connectivity index is 1.80. The lowest BCUT2D eigenvalue weighted by atomic mass is 10.0. The molecule has 0 aliphatic carbocycles. The molecule has 0 aliphatic heterocycles. The Labute approximate surface area is 234 Å². The molecule has 7 heteroatoms. The van der Waals surface area contributed by atoms with Gasteiger partial charge in [-0.05, 0) is 35.2 Å². The maximum Gasteiger partial charge on any atom is 0.243 e. The van der Waals surface area contributed by atoms with E-state index in [1.165, 1.54) is 5.56 Å². The molecule has 0 saturated heterocycles. The second-order valence-electron chi connectivity index (χ2n) is 8.91. The van der Waals surface area contributed by atoms with Gasteiger partial charge in [0.05, 0.1) is 10.0 Å². The highest BCUT2D eigenvalue weighted by atomic mass is 35.5. The molecule has 1 atom stereocenters. The van der Waals surface area contributed by atoms with Gasteiger partial charge in [-0.3, -0.25) is 9.59 Å². The van der Waals surface area contributed by atoms with Crippen LogP contribution >= 0.6 is 35.0 Å². The third kappa shape index (κ3) is 9.73. The minimum absolute atomic E-state index is 0.0572. The molecule has 0 bridgehead atoms. The Morgan fingerprint density at radius 1 is 0.892 bits per heavy atom. The number of halogens is 2. The molecule has 3 aromatic carbocycles. The van der Waals surface area contributed by atoms with Crippen LogP contribution in [0.3, 0.4) is 0 Å². The predicted octanol–water partition coefficient (Wildman–Crippen LogP) is 7.17. The van der Waals surface area contributed by atoms with Crippen LogP contribution in [0.15, 0.2) is 78.9 Å². The molecular formula is C30H34Cl2N2O2S. The van der Waals surface area contributed by atoms with Crippen molar-refractivity contribution in [1.82, 2.24) is 10.2 Å². The monoisotopic (exact) mass is 556 g/mol. The zero-order valence-corrected chi connectivity index (χ0v) is 23.5. The van der Waals surface area contributed by atoms with Crippen LogP contribution in [-0.4, -0.2) is 35.1 Å². The Kier molecular flexibility index (Phi) is 12.3. The predicted molar refractivity (Wildman–Crippen MR) is 156 cm³/mol. The van der Waals surface area contributed by atoms with Gasteiger partial charge < -0.3 is 10.2 Å². The van der Waals surface area contributed by atoms with Gasteiger partial charge in [0.25, 0.3) is 0 Å². The van der Waals surface area contributed by atoms with Crippen molar-refractivity contribution in [2.24, 2.45) is 0 Å². The van der Waals surface area contributed by atoms with Crippen LogP contribution in [0.5, 0.6) is 0 Å². The van der Waals surface area contributed by atoms with Gasteiger partial charge in [-0.25, -0.2) is 0 Å². The van der Waals surface area contributed by atoms with Gasteiger partial charge in [0.15, 0.2) is 0 Å². The summed E-state index contributed by atoms with van der Waals surface area (Å²) in [7, 11) is 0. The molecule has 3 aromatic rings. The summed E-state index contributed by atoms with van der Waals surface area (Å²) in [5.74, 6) is 1.31. The van der Waals surface area contributed by atoms with E-state index in [9.17, 15) is 9.59 Å².